The first kappa shape index (κ1) is 13.0. The number of nitrogens with zero attached hydrogens (tertiary/aromatic N) is 1. The van der Waals surface area contributed by atoms with Gasteiger partial charge in [-0.2, -0.15) is 0 Å². The van der Waals surface area contributed by atoms with Gasteiger partial charge in [0.25, 0.3) is 0 Å². The van der Waals surface area contributed by atoms with Gasteiger partial charge >= 0.3 is 5.97 Å². The van der Waals surface area contributed by atoms with Gasteiger partial charge in [0.05, 0.1) is 6.42 Å². The van der Waals surface area contributed by atoms with Gasteiger partial charge in [-0.15, -0.1) is 0 Å². The van der Waals surface area contributed by atoms with Crippen LogP contribution < -0.4 is 5.32 Å². The van der Waals surface area contributed by atoms with Crippen LogP contribution in [0.3, 0.4) is 0 Å². The molecule has 5 heteroatoms. The van der Waals surface area contributed by atoms with Crippen LogP contribution in [0, 0.1) is 5.92 Å². The third kappa shape index (κ3) is 4.18. The molecule has 1 saturated heterocycles. The number of carbonyl (C=O) groups is 2. The van der Waals surface area contributed by atoms with E-state index in [0.29, 0.717) is 13.1 Å². The lowest BCUT2D eigenvalue weighted by Gasteiger charge is -2.30. The smallest absolute Gasteiger partial charge is 0.304 e. The van der Waals surface area contributed by atoms with E-state index in [2.05, 4.69) is 10.2 Å². The molecule has 0 radical (unpaired) electrons. The molecule has 0 saturated carbocycles. The Hall–Kier alpha value is -1.10. The summed E-state index contributed by atoms with van der Waals surface area (Å²) < 4.78 is 0. The highest BCUT2D eigenvalue weighted by Gasteiger charge is 2.24. The van der Waals surface area contributed by atoms with E-state index in [0.717, 1.165) is 25.9 Å². The number of carboxylic acid groups (broad SMARTS) is 1. The van der Waals surface area contributed by atoms with Crippen molar-refractivity contribution < 1.29 is 14.7 Å². The molecule has 0 aliphatic carbocycles. The number of amides is 1. The second kappa shape index (κ2) is 6.48. The number of piperidine rings is 1. The molecule has 0 atom stereocenters. The maximum absolute atomic E-state index is 11.5. The molecular formula is C11H20N2O3. The normalized spacial score (nSPS) is 18.3. The summed E-state index contributed by atoms with van der Waals surface area (Å²) in [5.41, 5.74) is 0. The van der Waals surface area contributed by atoms with Crippen molar-refractivity contribution >= 4 is 11.9 Å². The van der Waals surface area contributed by atoms with Crippen LogP contribution in [0.1, 0.15) is 26.2 Å². The number of hydrogen-bond acceptors (Lipinski definition) is 3. The predicted molar refractivity (Wildman–Crippen MR) is 60.1 cm³/mol. The molecule has 1 fully saturated rings. The first-order valence-electron chi connectivity index (χ1n) is 5.85. The lowest BCUT2D eigenvalue weighted by atomic mass is 9.96. The summed E-state index contributed by atoms with van der Waals surface area (Å²) in [4.78, 5) is 24.1. The Bertz CT molecular complexity index is 248. The van der Waals surface area contributed by atoms with E-state index in [-0.39, 0.29) is 18.2 Å². The Balaban J connectivity index is 2.23. The number of carbonyl (C=O) groups excluding carboxylic acids is 1. The van der Waals surface area contributed by atoms with Crippen molar-refractivity contribution in [2.75, 3.05) is 26.2 Å². The molecule has 5 nitrogen and oxygen atoms in total. The molecule has 1 rings (SSSR count). The fraction of sp³-hybridized carbons (Fsp3) is 0.818. The van der Waals surface area contributed by atoms with Crippen LogP contribution >= 0.6 is 0 Å². The van der Waals surface area contributed by atoms with Gasteiger partial charge in [-0.05, 0) is 32.9 Å². The Morgan fingerprint density at radius 3 is 2.50 bits per heavy atom. The van der Waals surface area contributed by atoms with Gasteiger partial charge < -0.3 is 15.3 Å². The maximum Gasteiger partial charge on any atom is 0.304 e. The molecule has 16 heavy (non-hydrogen) atoms. The number of nitrogens with one attached hydrogen (secondary N) is 1. The summed E-state index contributed by atoms with van der Waals surface area (Å²) in [6, 6.07) is 0. The van der Waals surface area contributed by atoms with Crippen LogP contribution in [-0.4, -0.2) is 48.1 Å². The highest BCUT2D eigenvalue weighted by atomic mass is 16.4. The molecule has 1 aliphatic heterocycles. The Morgan fingerprint density at radius 2 is 2.00 bits per heavy atom. The second-order valence-electron chi connectivity index (χ2n) is 4.15. The van der Waals surface area contributed by atoms with Crippen molar-refractivity contribution in [1.29, 1.82) is 0 Å². The predicted octanol–water partition coefficient (Wildman–Crippen LogP) is 0.309. The number of hydrogen-bond donors (Lipinski definition) is 2. The molecule has 1 aliphatic rings. The molecule has 0 spiro atoms. The number of carboxylic acids is 1. The lowest BCUT2D eigenvalue weighted by Crippen LogP contribution is -2.41. The summed E-state index contributed by atoms with van der Waals surface area (Å²) >= 11 is 0. The van der Waals surface area contributed by atoms with Crippen LogP contribution in [-0.2, 0) is 9.59 Å². The first-order valence-corrected chi connectivity index (χ1v) is 5.85. The van der Waals surface area contributed by atoms with Crippen molar-refractivity contribution in [3.05, 3.63) is 0 Å². The number of likely N-dealkylation sites (tertiary alicyclic amines) is 1. The van der Waals surface area contributed by atoms with Crippen molar-refractivity contribution in [2.45, 2.75) is 26.2 Å². The van der Waals surface area contributed by atoms with Crippen molar-refractivity contribution in [1.82, 2.24) is 10.2 Å². The first-order chi connectivity index (χ1) is 7.63. The Labute approximate surface area is 95.8 Å². The average molecular weight is 228 g/mol. The topological polar surface area (TPSA) is 69.6 Å². The lowest BCUT2D eigenvalue weighted by molar-refractivity contribution is -0.137. The molecule has 2 N–H and O–H groups in total. The van der Waals surface area contributed by atoms with Gasteiger partial charge in [0.2, 0.25) is 5.91 Å². The summed E-state index contributed by atoms with van der Waals surface area (Å²) in [7, 11) is 0. The van der Waals surface area contributed by atoms with Crippen molar-refractivity contribution in [3.8, 4) is 0 Å². The maximum atomic E-state index is 11.5. The van der Waals surface area contributed by atoms with Crippen LogP contribution in [0.2, 0.25) is 0 Å². The van der Waals surface area contributed by atoms with E-state index >= 15 is 0 Å². The van der Waals surface area contributed by atoms with Gasteiger partial charge in [-0.25, -0.2) is 0 Å². The van der Waals surface area contributed by atoms with Gasteiger partial charge in [0.1, 0.15) is 0 Å². The molecule has 0 unspecified atom stereocenters. The van der Waals surface area contributed by atoms with Crippen LogP contribution in [0.15, 0.2) is 0 Å². The van der Waals surface area contributed by atoms with Gasteiger partial charge in [-0.3, -0.25) is 9.59 Å². The third-order valence-electron chi connectivity index (χ3n) is 2.95. The zero-order valence-corrected chi connectivity index (χ0v) is 9.74. The SMILES string of the molecule is CCNC(=O)C1CCN(CCC(=O)O)CC1. The van der Waals surface area contributed by atoms with E-state index in [1.165, 1.54) is 0 Å². The molecule has 0 aromatic heterocycles. The van der Waals surface area contributed by atoms with E-state index in [1.54, 1.807) is 0 Å². The standard InChI is InChI=1S/C11H20N2O3/c1-2-12-11(16)9-3-6-13(7-4-9)8-5-10(14)15/h9H,2-8H2,1H3,(H,12,16)(H,14,15). The Morgan fingerprint density at radius 1 is 1.38 bits per heavy atom. The monoisotopic (exact) mass is 228 g/mol. The summed E-state index contributed by atoms with van der Waals surface area (Å²) in [6.45, 7) is 4.85. The molecule has 1 heterocycles. The summed E-state index contributed by atoms with van der Waals surface area (Å²) in [6.07, 6.45) is 1.86. The van der Waals surface area contributed by atoms with Crippen molar-refractivity contribution in [3.63, 3.8) is 0 Å². The second-order valence-corrected chi connectivity index (χ2v) is 4.15. The molecule has 0 bridgehead atoms. The number of aliphatic carboxylic acids is 1. The molecular weight excluding hydrogens is 208 g/mol. The minimum Gasteiger partial charge on any atom is -0.481 e. The fourth-order valence-corrected chi connectivity index (χ4v) is 1.99. The zero-order valence-electron chi connectivity index (χ0n) is 9.74. The minimum atomic E-state index is -0.758. The van der Waals surface area contributed by atoms with Gasteiger partial charge in [0, 0.05) is 19.0 Å². The molecule has 1 amide bonds. The van der Waals surface area contributed by atoms with Crippen LogP contribution in [0.4, 0.5) is 0 Å². The van der Waals surface area contributed by atoms with Crippen LogP contribution in [0.25, 0.3) is 0 Å². The molecule has 92 valence electrons. The quantitative estimate of drug-likeness (QED) is 0.710. The summed E-state index contributed by atoms with van der Waals surface area (Å²) in [5.74, 6) is -0.507. The summed E-state index contributed by atoms with van der Waals surface area (Å²) in [5, 5.41) is 11.4. The van der Waals surface area contributed by atoms with Gasteiger partial charge in [0.15, 0.2) is 0 Å². The van der Waals surface area contributed by atoms with E-state index in [9.17, 15) is 9.59 Å². The molecule has 0 aromatic rings. The van der Waals surface area contributed by atoms with Gasteiger partial charge in [-0.1, -0.05) is 0 Å². The zero-order chi connectivity index (χ0) is 12.0. The van der Waals surface area contributed by atoms with E-state index in [4.69, 9.17) is 5.11 Å². The van der Waals surface area contributed by atoms with Crippen LogP contribution in [0.5, 0.6) is 0 Å². The highest BCUT2D eigenvalue weighted by Crippen LogP contribution is 2.17. The minimum absolute atomic E-state index is 0.112. The van der Waals surface area contributed by atoms with E-state index < -0.39 is 5.97 Å². The average Bonchev–Trinajstić information content (AvgIpc) is 2.27. The largest absolute Gasteiger partial charge is 0.481 e. The fourth-order valence-electron chi connectivity index (χ4n) is 1.99. The van der Waals surface area contributed by atoms with Crippen molar-refractivity contribution in [2.24, 2.45) is 5.92 Å². The Kier molecular flexibility index (Phi) is 5.25. The third-order valence-corrected chi connectivity index (χ3v) is 2.95. The highest BCUT2D eigenvalue weighted by molar-refractivity contribution is 5.78. The molecule has 0 aromatic carbocycles. The van der Waals surface area contributed by atoms with E-state index in [1.807, 2.05) is 6.92 Å². The number of rotatable bonds is 5.